The molecule has 2 fully saturated rings. The van der Waals surface area contributed by atoms with Gasteiger partial charge in [0.2, 0.25) is 0 Å². The van der Waals surface area contributed by atoms with Crippen LogP contribution in [0.2, 0.25) is 0 Å². The third-order valence-electron chi connectivity index (χ3n) is 5.03. The fraction of sp³-hybridized carbons (Fsp3) is 0.941. The van der Waals surface area contributed by atoms with Gasteiger partial charge in [0.15, 0.2) is 5.96 Å². The van der Waals surface area contributed by atoms with Crippen LogP contribution in [0, 0.1) is 5.92 Å². The van der Waals surface area contributed by atoms with Crippen LogP contribution in [0.25, 0.3) is 0 Å². The molecule has 2 aliphatic heterocycles. The molecule has 0 radical (unpaired) electrons. The number of hydrogen-bond donors (Lipinski definition) is 2. The molecule has 0 bridgehead atoms. The fourth-order valence-corrected chi connectivity index (χ4v) is 3.37. The molecule has 0 unspecified atom stereocenters. The second-order valence-corrected chi connectivity index (χ2v) is 6.67. The molecule has 2 aliphatic rings. The zero-order chi connectivity index (χ0) is 16.3. The fourth-order valence-electron chi connectivity index (χ4n) is 3.37. The summed E-state index contributed by atoms with van der Waals surface area (Å²) in [5.74, 6) is 1.46. The van der Waals surface area contributed by atoms with Gasteiger partial charge in [-0.1, -0.05) is 6.92 Å². The van der Waals surface area contributed by atoms with E-state index in [0.717, 1.165) is 58.3 Å². The molecule has 7 heteroatoms. The second kappa shape index (κ2) is 13.1. The highest BCUT2D eigenvalue weighted by molar-refractivity contribution is 14.0. The Hall–Kier alpha value is -0.120. The molecular weight excluding hydrogens is 417 g/mol. The Morgan fingerprint density at radius 2 is 1.88 bits per heavy atom. The van der Waals surface area contributed by atoms with Crippen molar-refractivity contribution < 1.29 is 4.74 Å². The molecule has 24 heavy (non-hydrogen) atoms. The number of halogens is 1. The quantitative estimate of drug-likeness (QED) is 0.252. The van der Waals surface area contributed by atoms with Crippen molar-refractivity contribution in [2.45, 2.75) is 32.6 Å². The predicted octanol–water partition coefficient (Wildman–Crippen LogP) is 1.35. The number of rotatable bonds is 8. The molecule has 2 heterocycles. The van der Waals surface area contributed by atoms with Gasteiger partial charge >= 0.3 is 0 Å². The molecule has 0 aromatic rings. The van der Waals surface area contributed by atoms with Crippen LogP contribution in [-0.2, 0) is 4.74 Å². The van der Waals surface area contributed by atoms with Gasteiger partial charge in [0, 0.05) is 32.7 Å². The summed E-state index contributed by atoms with van der Waals surface area (Å²) < 4.78 is 5.35. The maximum atomic E-state index is 5.95. The monoisotopic (exact) mass is 453 g/mol. The standard InChI is InChI=1S/C17H35N5O.HI/c1-2-21-10-5-16(6-11-21)4-8-20-17(18)19-7-3-9-22-12-14-23-15-13-22;/h16H,2-15H2,1H3,(H3,18,19,20);1H. The summed E-state index contributed by atoms with van der Waals surface area (Å²) in [4.78, 5) is 9.41. The minimum Gasteiger partial charge on any atom is -0.379 e. The second-order valence-electron chi connectivity index (χ2n) is 6.67. The van der Waals surface area contributed by atoms with E-state index in [4.69, 9.17) is 10.5 Å². The summed E-state index contributed by atoms with van der Waals surface area (Å²) in [5, 5.41) is 3.27. The van der Waals surface area contributed by atoms with Crippen molar-refractivity contribution in [2.75, 3.05) is 65.6 Å². The first kappa shape index (κ1) is 21.9. The van der Waals surface area contributed by atoms with Crippen LogP contribution in [0.3, 0.4) is 0 Å². The van der Waals surface area contributed by atoms with Crippen LogP contribution in [0.4, 0.5) is 0 Å². The molecule has 0 aliphatic carbocycles. The highest BCUT2D eigenvalue weighted by Crippen LogP contribution is 2.19. The molecule has 142 valence electrons. The first-order chi connectivity index (χ1) is 11.3. The molecule has 0 aromatic carbocycles. The van der Waals surface area contributed by atoms with Crippen LogP contribution >= 0.6 is 24.0 Å². The normalized spacial score (nSPS) is 21.5. The van der Waals surface area contributed by atoms with Gasteiger partial charge in [-0.3, -0.25) is 9.89 Å². The topological polar surface area (TPSA) is 66.1 Å². The smallest absolute Gasteiger partial charge is 0.188 e. The van der Waals surface area contributed by atoms with Crippen LogP contribution in [-0.4, -0.2) is 81.3 Å². The third-order valence-corrected chi connectivity index (χ3v) is 5.03. The largest absolute Gasteiger partial charge is 0.379 e. The van der Waals surface area contributed by atoms with Crippen molar-refractivity contribution >= 4 is 29.9 Å². The average Bonchev–Trinajstić information content (AvgIpc) is 2.60. The van der Waals surface area contributed by atoms with Crippen LogP contribution in [0.5, 0.6) is 0 Å². The van der Waals surface area contributed by atoms with E-state index >= 15 is 0 Å². The van der Waals surface area contributed by atoms with Gasteiger partial charge in [-0.25, -0.2) is 0 Å². The molecule has 0 atom stereocenters. The molecule has 0 amide bonds. The van der Waals surface area contributed by atoms with E-state index in [0.29, 0.717) is 5.96 Å². The zero-order valence-electron chi connectivity index (χ0n) is 15.2. The van der Waals surface area contributed by atoms with E-state index in [9.17, 15) is 0 Å². The van der Waals surface area contributed by atoms with Gasteiger partial charge in [-0.05, 0) is 51.2 Å². The number of likely N-dealkylation sites (tertiary alicyclic amines) is 1. The molecule has 6 nitrogen and oxygen atoms in total. The van der Waals surface area contributed by atoms with Crippen LogP contribution in [0.1, 0.15) is 32.6 Å². The first-order valence-electron chi connectivity index (χ1n) is 9.34. The van der Waals surface area contributed by atoms with Gasteiger partial charge < -0.3 is 20.7 Å². The lowest BCUT2D eigenvalue weighted by atomic mass is 9.93. The van der Waals surface area contributed by atoms with Crippen molar-refractivity contribution in [3.05, 3.63) is 0 Å². The number of ether oxygens (including phenoxy) is 1. The highest BCUT2D eigenvalue weighted by Gasteiger charge is 2.17. The van der Waals surface area contributed by atoms with Gasteiger partial charge in [-0.2, -0.15) is 0 Å². The summed E-state index contributed by atoms with van der Waals surface area (Å²) in [5.41, 5.74) is 5.95. The summed E-state index contributed by atoms with van der Waals surface area (Å²) >= 11 is 0. The van der Waals surface area contributed by atoms with E-state index in [2.05, 4.69) is 27.0 Å². The number of nitrogens with two attached hydrogens (primary N) is 1. The first-order valence-corrected chi connectivity index (χ1v) is 9.34. The molecule has 2 rings (SSSR count). The average molecular weight is 453 g/mol. The maximum Gasteiger partial charge on any atom is 0.188 e. The number of guanidine groups is 1. The highest BCUT2D eigenvalue weighted by atomic mass is 127. The Labute approximate surface area is 164 Å². The van der Waals surface area contributed by atoms with Crippen LogP contribution < -0.4 is 11.1 Å². The SMILES string of the molecule is CCN1CCC(CCNC(N)=NCCCN2CCOCC2)CC1.I. The Bertz CT molecular complexity index is 342. The maximum absolute atomic E-state index is 5.95. The number of piperidine rings is 1. The van der Waals surface area contributed by atoms with Crippen molar-refractivity contribution in [3.8, 4) is 0 Å². The van der Waals surface area contributed by atoms with Gasteiger partial charge in [0.1, 0.15) is 0 Å². The molecular formula is C17H36IN5O. The molecule has 0 aromatic heterocycles. The summed E-state index contributed by atoms with van der Waals surface area (Å²) in [6, 6.07) is 0. The minimum atomic E-state index is 0. The number of aliphatic imine (C=N–C) groups is 1. The summed E-state index contributed by atoms with van der Waals surface area (Å²) in [6.45, 7) is 12.6. The van der Waals surface area contributed by atoms with E-state index < -0.39 is 0 Å². The van der Waals surface area contributed by atoms with E-state index in [1.165, 1.54) is 38.9 Å². The zero-order valence-corrected chi connectivity index (χ0v) is 17.5. The summed E-state index contributed by atoms with van der Waals surface area (Å²) in [6.07, 6.45) is 4.93. The molecule has 3 N–H and O–H groups in total. The molecule has 0 saturated carbocycles. The van der Waals surface area contributed by atoms with Crippen LogP contribution in [0.15, 0.2) is 4.99 Å². The predicted molar refractivity (Wildman–Crippen MR) is 111 cm³/mol. The van der Waals surface area contributed by atoms with E-state index in [1.54, 1.807) is 0 Å². The van der Waals surface area contributed by atoms with Gasteiger partial charge in [0.25, 0.3) is 0 Å². The van der Waals surface area contributed by atoms with E-state index in [1.807, 2.05) is 0 Å². The third kappa shape index (κ3) is 8.82. The molecule has 0 spiro atoms. The van der Waals surface area contributed by atoms with Crippen molar-refractivity contribution in [1.29, 1.82) is 0 Å². The van der Waals surface area contributed by atoms with Crippen molar-refractivity contribution in [3.63, 3.8) is 0 Å². The number of morpholine rings is 1. The number of nitrogens with zero attached hydrogens (tertiary/aromatic N) is 3. The lowest BCUT2D eigenvalue weighted by Crippen LogP contribution is -2.37. The Balaban J connectivity index is 0.00000288. The number of nitrogens with one attached hydrogen (secondary N) is 1. The lowest BCUT2D eigenvalue weighted by molar-refractivity contribution is 0.0377. The Kier molecular flexibility index (Phi) is 12.0. The Morgan fingerprint density at radius 3 is 2.54 bits per heavy atom. The van der Waals surface area contributed by atoms with Gasteiger partial charge in [0.05, 0.1) is 13.2 Å². The van der Waals surface area contributed by atoms with Gasteiger partial charge in [-0.15, -0.1) is 24.0 Å². The van der Waals surface area contributed by atoms with Crippen molar-refractivity contribution in [1.82, 2.24) is 15.1 Å². The molecule has 2 saturated heterocycles. The number of hydrogen-bond acceptors (Lipinski definition) is 4. The lowest BCUT2D eigenvalue weighted by Gasteiger charge is -2.31. The summed E-state index contributed by atoms with van der Waals surface area (Å²) in [7, 11) is 0. The van der Waals surface area contributed by atoms with E-state index in [-0.39, 0.29) is 24.0 Å². The van der Waals surface area contributed by atoms with Crippen molar-refractivity contribution in [2.24, 2.45) is 16.6 Å². The Morgan fingerprint density at radius 1 is 1.17 bits per heavy atom. The minimum absolute atomic E-state index is 0.